The van der Waals surface area contributed by atoms with E-state index >= 15 is 0 Å². The molecule has 2 heteroatoms. The first-order valence-corrected chi connectivity index (χ1v) is 8.09. The molecule has 0 aliphatic carbocycles. The molecule has 21 heavy (non-hydrogen) atoms. The lowest BCUT2D eigenvalue weighted by Crippen LogP contribution is -2.33. The Morgan fingerprint density at radius 3 is 2.38 bits per heavy atom. The second-order valence-electron chi connectivity index (χ2n) is 6.53. The first kappa shape index (κ1) is 17.8. The largest absolute Gasteiger partial charge is 0.494 e. The van der Waals surface area contributed by atoms with E-state index in [-0.39, 0.29) is 0 Å². The predicted octanol–water partition coefficient (Wildman–Crippen LogP) is 4.71. The Labute approximate surface area is 130 Å². The smallest absolute Gasteiger partial charge is 0.119 e. The lowest BCUT2D eigenvalue weighted by atomic mass is 10.1. The summed E-state index contributed by atoms with van der Waals surface area (Å²) in [7, 11) is 0. The summed E-state index contributed by atoms with van der Waals surface area (Å²) in [5.41, 5.74) is 1.11. The van der Waals surface area contributed by atoms with E-state index in [1.807, 2.05) is 30.3 Å². The molecule has 0 spiro atoms. The maximum atomic E-state index is 5.83. The number of hydrogen-bond donors (Lipinski definition) is 0. The molecule has 0 radical (unpaired) electrons. The minimum absolute atomic E-state index is 0.717. The van der Waals surface area contributed by atoms with Crippen LogP contribution in [0.15, 0.2) is 30.8 Å². The van der Waals surface area contributed by atoms with Crippen LogP contribution in [0.1, 0.15) is 39.7 Å². The van der Waals surface area contributed by atoms with E-state index in [4.69, 9.17) is 4.74 Å². The molecule has 0 saturated carbocycles. The standard InChI is InChI=1S/C19H31NO/c1-6-18-9-7-10-19(13-18)21-12-8-11-20(14-16(2)3)15-17(4)5/h6-7,9-10,13,16-17H,1,8,11-12,14-15H2,2-5H3. The van der Waals surface area contributed by atoms with Gasteiger partial charge in [0, 0.05) is 19.6 Å². The zero-order valence-electron chi connectivity index (χ0n) is 14.1. The molecule has 0 N–H and O–H groups in total. The first-order valence-electron chi connectivity index (χ1n) is 8.09. The molecule has 0 fully saturated rings. The van der Waals surface area contributed by atoms with Gasteiger partial charge in [0.1, 0.15) is 5.75 Å². The summed E-state index contributed by atoms with van der Waals surface area (Å²) in [4.78, 5) is 2.55. The Balaban J connectivity index is 2.34. The van der Waals surface area contributed by atoms with Crippen molar-refractivity contribution in [3.8, 4) is 5.75 Å². The molecule has 0 aliphatic heterocycles. The lowest BCUT2D eigenvalue weighted by Gasteiger charge is -2.26. The highest BCUT2D eigenvalue weighted by molar-refractivity contribution is 5.49. The van der Waals surface area contributed by atoms with Crippen molar-refractivity contribution in [2.24, 2.45) is 11.8 Å². The van der Waals surface area contributed by atoms with Gasteiger partial charge in [0.15, 0.2) is 0 Å². The molecule has 1 aromatic rings. The van der Waals surface area contributed by atoms with E-state index in [9.17, 15) is 0 Å². The lowest BCUT2D eigenvalue weighted by molar-refractivity contribution is 0.198. The van der Waals surface area contributed by atoms with Gasteiger partial charge in [-0.05, 0) is 36.0 Å². The zero-order valence-corrected chi connectivity index (χ0v) is 14.1. The third-order valence-corrected chi connectivity index (χ3v) is 3.23. The number of ether oxygens (including phenoxy) is 1. The second-order valence-corrected chi connectivity index (χ2v) is 6.53. The van der Waals surface area contributed by atoms with Crippen LogP contribution in [-0.2, 0) is 0 Å². The maximum absolute atomic E-state index is 5.83. The molecule has 2 nitrogen and oxygen atoms in total. The molecule has 0 aliphatic rings. The van der Waals surface area contributed by atoms with Gasteiger partial charge in [-0.1, -0.05) is 52.5 Å². The molecule has 0 saturated heterocycles. The van der Waals surface area contributed by atoms with E-state index in [1.165, 1.54) is 13.1 Å². The monoisotopic (exact) mass is 289 g/mol. The third kappa shape index (κ3) is 7.91. The number of hydrogen-bond acceptors (Lipinski definition) is 2. The van der Waals surface area contributed by atoms with Crippen LogP contribution in [0.25, 0.3) is 6.08 Å². The molecule has 0 bridgehead atoms. The Morgan fingerprint density at radius 2 is 1.81 bits per heavy atom. The van der Waals surface area contributed by atoms with E-state index in [1.54, 1.807) is 0 Å². The van der Waals surface area contributed by atoms with Crippen molar-refractivity contribution in [3.63, 3.8) is 0 Å². The van der Waals surface area contributed by atoms with Crippen molar-refractivity contribution in [3.05, 3.63) is 36.4 Å². The molecule has 118 valence electrons. The van der Waals surface area contributed by atoms with Gasteiger partial charge >= 0.3 is 0 Å². The highest BCUT2D eigenvalue weighted by Crippen LogP contribution is 2.14. The van der Waals surface area contributed by atoms with Gasteiger partial charge in [-0.3, -0.25) is 0 Å². The van der Waals surface area contributed by atoms with Crippen LogP contribution in [-0.4, -0.2) is 31.1 Å². The van der Waals surface area contributed by atoms with E-state index in [0.29, 0.717) is 11.8 Å². The van der Waals surface area contributed by atoms with Crippen LogP contribution in [0.5, 0.6) is 5.75 Å². The van der Waals surface area contributed by atoms with Gasteiger partial charge in [0.05, 0.1) is 6.61 Å². The minimum Gasteiger partial charge on any atom is -0.494 e. The van der Waals surface area contributed by atoms with Crippen molar-refractivity contribution < 1.29 is 4.74 Å². The topological polar surface area (TPSA) is 12.5 Å². The quantitative estimate of drug-likeness (QED) is 0.578. The Kier molecular flexibility index (Phi) is 8.14. The fraction of sp³-hybridized carbons (Fsp3) is 0.579. The fourth-order valence-electron chi connectivity index (χ4n) is 2.50. The van der Waals surface area contributed by atoms with Crippen LogP contribution < -0.4 is 4.74 Å². The molecule has 0 amide bonds. The van der Waals surface area contributed by atoms with Crippen molar-refractivity contribution in [2.45, 2.75) is 34.1 Å². The summed E-state index contributed by atoms with van der Waals surface area (Å²) in [5.74, 6) is 2.37. The molecule has 1 aromatic carbocycles. The number of benzene rings is 1. The van der Waals surface area contributed by atoms with E-state index in [2.05, 4.69) is 39.2 Å². The SMILES string of the molecule is C=Cc1cccc(OCCCN(CC(C)C)CC(C)C)c1. The van der Waals surface area contributed by atoms with Crippen molar-refractivity contribution in [1.82, 2.24) is 4.90 Å². The molecule has 0 atom stereocenters. The normalized spacial score (nSPS) is 11.4. The van der Waals surface area contributed by atoms with Crippen LogP contribution in [0.2, 0.25) is 0 Å². The molecule has 0 heterocycles. The first-order chi connectivity index (χ1) is 10.0. The van der Waals surface area contributed by atoms with Gasteiger partial charge < -0.3 is 9.64 Å². The van der Waals surface area contributed by atoms with Gasteiger partial charge in [0.25, 0.3) is 0 Å². The molecular weight excluding hydrogens is 258 g/mol. The average molecular weight is 289 g/mol. The third-order valence-electron chi connectivity index (χ3n) is 3.23. The predicted molar refractivity (Wildman–Crippen MR) is 92.8 cm³/mol. The highest BCUT2D eigenvalue weighted by Gasteiger charge is 2.09. The molecule has 0 unspecified atom stereocenters. The van der Waals surface area contributed by atoms with E-state index < -0.39 is 0 Å². The Bertz CT molecular complexity index is 402. The average Bonchev–Trinajstić information content (AvgIpc) is 2.42. The summed E-state index contributed by atoms with van der Waals surface area (Å²) < 4.78 is 5.83. The van der Waals surface area contributed by atoms with Gasteiger partial charge in [-0.25, -0.2) is 0 Å². The van der Waals surface area contributed by atoms with E-state index in [0.717, 1.165) is 30.9 Å². The zero-order chi connectivity index (χ0) is 15.7. The summed E-state index contributed by atoms with van der Waals surface area (Å²) in [6.07, 6.45) is 2.91. The van der Waals surface area contributed by atoms with Gasteiger partial charge in [-0.15, -0.1) is 0 Å². The Hall–Kier alpha value is -1.28. The van der Waals surface area contributed by atoms with Crippen LogP contribution in [0.4, 0.5) is 0 Å². The number of nitrogens with zero attached hydrogens (tertiary/aromatic N) is 1. The Morgan fingerprint density at radius 1 is 1.14 bits per heavy atom. The fourth-order valence-corrected chi connectivity index (χ4v) is 2.50. The van der Waals surface area contributed by atoms with Crippen LogP contribution >= 0.6 is 0 Å². The highest BCUT2D eigenvalue weighted by atomic mass is 16.5. The molecular formula is C19H31NO. The summed E-state index contributed by atoms with van der Waals surface area (Å²) in [6, 6.07) is 8.09. The summed E-state index contributed by atoms with van der Waals surface area (Å²) >= 11 is 0. The van der Waals surface area contributed by atoms with Crippen molar-refractivity contribution in [1.29, 1.82) is 0 Å². The van der Waals surface area contributed by atoms with Gasteiger partial charge in [-0.2, -0.15) is 0 Å². The summed E-state index contributed by atoms with van der Waals surface area (Å²) in [6.45, 7) is 17.1. The molecule has 1 rings (SSSR count). The summed E-state index contributed by atoms with van der Waals surface area (Å²) in [5, 5.41) is 0. The van der Waals surface area contributed by atoms with Crippen LogP contribution in [0, 0.1) is 11.8 Å². The van der Waals surface area contributed by atoms with Crippen molar-refractivity contribution in [2.75, 3.05) is 26.2 Å². The molecule has 0 aromatic heterocycles. The van der Waals surface area contributed by atoms with Gasteiger partial charge in [0.2, 0.25) is 0 Å². The number of rotatable bonds is 10. The van der Waals surface area contributed by atoms with Crippen LogP contribution in [0.3, 0.4) is 0 Å². The van der Waals surface area contributed by atoms with Crippen molar-refractivity contribution >= 4 is 6.08 Å². The second kappa shape index (κ2) is 9.62. The maximum Gasteiger partial charge on any atom is 0.119 e. The minimum atomic E-state index is 0.717.